The quantitative estimate of drug-likeness (QED) is 0.293. The Kier molecular flexibility index (Phi) is 8.31. The molecule has 0 bridgehead atoms. The third kappa shape index (κ3) is 5.27. The highest BCUT2D eigenvalue weighted by molar-refractivity contribution is 5.97. The van der Waals surface area contributed by atoms with E-state index in [0.29, 0.717) is 49.3 Å². The molecule has 4 aliphatic heterocycles. The molecule has 6 heterocycles. The maximum absolute atomic E-state index is 17.0. The SMILES string of the molecule is C=C/C=C\c1cc(O)cc(-c2nc3c4c(nc(OCC56CCCN5CC(F)C6)nc4c2F)N2CCNC(CCC)C2CO3)c1CC. The van der Waals surface area contributed by atoms with Crippen LogP contribution in [-0.2, 0) is 6.42 Å². The molecule has 0 saturated carbocycles. The molecule has 0 spiro atoms. The van der Waals surface area contributed by atoms with E-state index < -0.39 is 17.5 Å². The van der Waals surface area contributed by atoms with E-state index in [1.165, 1.54) is 6.07 Å². The first kappa shape index (κ1) is 30.8. The van der Waals surface area contributed by atoms with Gasteiger partial charge in [-0.1, -0.05) is 45.1 Å². The first-order valence-corrected chi connectivity index (χ1v) is 16.6. The van der Waals surface area contributed by atoms with E-state index in [0.717, 1.165) is 49.9 Å². The Labute approximate surface area is 268 Å². The lowest BCUT2D eigenvalue weighted by Crippen LogP contribution is -2.60. The van der Waals surface area contributed by atoms with Crippen molar-refractivity contribution in [3.05, 3.63) is 47.8 Å². The van der Waals surface area contributed by atoms with Gasteiger partial charge in [-0.05, 0) is 55.5 Å². The fourth-order valence-corrected chi connectivity index (χ4v) is 8.04. The number of alkyl halides is 1. The van der Waals surface area contributed by atoms with Crippen LogP contribution in [-0.4, -0.2) is 88.1 Å². The summed E-state index contributed by atoms with van der Waals surface area (Å²) in [6.07, 6.45) is 9.11. The molecule has 3 fully saturated rings. The maximum Gasteiger partial charge on any atom is 0.319 e. The molecule has 4 atom stereocenters. The highest BCUT2D eigenvalue weighted by Gasteiger charge is 2.49. The van der Waals surface area contributed by atoms with Gasteiger partial charge in [-0.25, -0.2) is 13.8 Å². The maximum atomic E-state index is 17.0. The van der Waals surface area contributed by atoms with Gasteiger partial charge in [0.05, 0.1) is 11.6 Å². The van der Waals surface area contributed by atoms with Crippen LogP contribution in [0, 0.1) is 5.82 Å². The minimum Gasteiger partial charge on any atom is -0.508 e. The molecule has 46 heavy (non-hydrogen) atoms. The van der Waals surface area contributed by atoms with Crippen LogP contribution < -0.4 is 19.7 Å². The topological polar surface area (TPSA) is 95.9 Å². The van der Waals surface area contributed by atoms with E-state index in [9.17, 15) is 9.50 Å². The highest BCUT2D eigenvalue weighted by atomic mass is 19.1. The number of aromatic nitrogens is 3. The van der Waals surface area contributed by atoms with E-state index >= 15 is 4.39 Å². The Morgan fingerprint density at radius 3 is 2.91 bits per heavy atom. The zero-order chi connectivity index (χ0) is 32.0. The molecule has 1 aromatic carbocycles. The van der Waals surface area contributed by atoms with Crippen LogP contribution >= 0.6 is 0 Å². The van der Waals surface area contributed by atoms with E-state index in [1.807, 2.05) is 13.0 Å². The molecule has 3 aromatic rings. The first-order valence-electron chi connectivity index (χ1n) is 16.6. The smallest absolute Gasteiger partial charge is 0.319 e. The summed E-state index contributed by atoms with van der Waals surface area (Å²) >= 11 is 0. The van der Waals surface area contributed by atoms with Crippen molar-refractivity contribution in [2.45, 2.75) is 76.2 Å². The lowest BCUT2D eigenvalue weighted by molar-refractivity contribution is 0.107. The molecule has 244 valence electrons. The van der Waals surface area contributed by atoms with Crippen LogP contribution in [0.3, 0.4) is 0 Å². The van der Waals surface area contributed by atoms with E-state index in [4.69, 9.17) is 19.4 Å². The average Bonchev–Trinajstić information content (AvgIpc) is 3.52. The lowest BCUT2D eigenvalue weighted by atomic mass is 9.94. The number of hydrogen-bond acceptors (Lipinski definition) is 9. The van der Waals surface area contributed by atoms with Crippen molar-refractivity contribution in [2.75, 3.05) is 44.3 Å². The van der Waals surface area contributed by atoms with Gasteiger partial charge in [-0.3, -0.25) is 4.90 Å². The van der Waals surface area contributed by atoms with E-state index in [1.54, 1.807) is 18.2 Å². The summed E-state index contributed by atoms with van der Waals surface area (Å²) in [6.45, 7) is 11.1. The fraction of sp³-hybridized carbons (Fsp3) is 0.514. The van der Waals surface area contributed by atoms with Crippen molar-refractivity contribution in [3.8, 4) is 28.9 Å². The fourth-order valence-electron chi connectivity index (χ4n) is 8.04. The van der Waals surface area contributed by atoms with Crippen molar-refractivity contribution in [3.63, 3.8) is 0 Å². The average molecular weight is 633 g/mol. The van der Waals surface area contributed by atoms with Gasteiger partial charge in [0.2, 0.25) is 5.88 Å². The molecule has 0 aliphatic carbocycles. The zero-order valence-corrected chi connectivity index (χ0v) is 26.6. The predicted molar refractivity (Wildman–Crippen MR) is 175 cm³/mol. The van der Waals surface area contributed by atoms with Crippen molar-refractivity contribution in [1.29, 1.82) is 0 Å². The second-order valence-electron chi connectivity index (χ2n) is 12.9. The van der Waals surface area contributed by atoms with Crippen molar-refractivity contribution in [1.82, 2.24) is 25.2 Å². The molecule has 0 amide bonds. The normalized spacial score (nSPS) is 25.8. The molecular weight excluding hydrogens is 590 g/mol. The molecule has 9 nitrogen and oxygen atoms in total. The van der Waals surface area contributed by atoms with Gasteiger partial charge < -0.3 is 24.8 Å². The number of pyridine rings is 1. The molecule has 4 unspecified atom stereocenters. The monoisotopic (exact) mass is 632 g/mol. The molecule has 4 aliphatic rings. The van der Waals surface area contributed by atoms with Crippen LogP contribution in [0.1, 0.15) is 57.1 Å². The number of allylic oxidation sites excluding steroid dienone is 2. The minimum absolute atomic E-state index is 0.00916. The van der Waals surface area contributed by atoms with Gasteiger partial charge in [0, 0.05) is 37.7 Å². The minimum atomic E-state index is -0.893. The summed E-state index contributed by atoms with van der Waals surface area (Å²) < 4.78 is 44.2. The Morgan fingerprint density at radius 1 is 1.24 bits per heavy atom. The summed E-state index contributed by atoms with van der Waals surface area (Å²) in [6, 6.07) is 3.33. The third-order valence-corrected chi connectivity index (χ3v) is 10.1. The van der Waals surface area contributed by atoms with Gasteiger partial charge in [0.25, 0.3) is 0 Å². The Morgan fingerprint density at radius 2 is 2.11 bits per heavy atom. The van der Waals surface area contributed by atoms with Gasteiger partial charge in [0.15, 0.2) is 5.82 Å². The van der Waals surface area contributed by atoms with E-state index in [2.05, 4.69) is 33.6 Å². The standard InChI is InChI=1S/C35H42F2N6O3/c1-4-7-10-21-15-23(44)16-25(24(21)6-3)30-29(37)31-28-32(43-14-12-38-26(9-5-2)27(43)19-45-33(28)39-30)41-34(40-31)46-20-35-11-8-13-42(35)18-22(36)17-35/h4,7,10,15-16,22,26-27,38,44H,1,5-6,8-9,11-14,17-20H2,2-3H3/b10-7-. The number of benzene rings is 1. The largest absolute Gasteiger partial charge is 0.508 e. The van der Waals surface area contributed by atoms with Crippen LogP contribution in [0.2, 0.25) is 0 Å². The summed E-state index contributed by atoms with van der Waals surface area (Å²) in [5, 5.41) is 14.7. The number of nitrogens with zero attached hydrogens (tertiary/aromatic N) is 5. The van der Waals surface area contributed by atoms with Crippen molar-refractivity contribution < 1.29 is 23.4 Å². The number of halogens is 2. The second-order valence-corrected chi connectivity index (χ2v) is 12.9. The first-order chi connectivity index (χ1) is 22.4. The Balaban J connectivity index is 1.39. The molecule has 3 saturated heterocycles. The molecule has 11 heteroatoms. The third-order valence-electron chi connectivity index (χ3n) is 10.1. The molecular formula is C35H42F2N6O3. The number of hydrogen-bond donors (Lipinski definition) is 2. The Hall–Kier alpha value is -3.83. The number of rotatable bonds is 9. The molecule has 7 rings (SSSR count). The summed E-state index contributed by atoms with van der Waals surface area (Å²) in [5.41, 5.74) is 1.71. The van der Waals surface area contributed by atoms with Crippen LogP contribution in [0.15, 0.2) is 30.9 Å². The highest BCUT2D eigenvalue weighted by Crippen LogP contribution is 2.44. The van der Waals surface area contributed by atoms with E-state index in [-0.39, 0.29) is 47.5 Å². The van der Waals surface area contributed by atoms with Gasteiger partial charge in [0.1, 0.15) is 47.5 Å². The number of anilines is 1. The number of phenolic OH excluding ortho intramolecular Hbond substituents is 1. The van der Waals surface area contributed by atoms with Crippen molar-refractivity contribution >= 4 is 22.8 Å². The predicted octanol–water partition coefficient (Wildman–Crippen LogP) is 5.59. The number of phenols is 1. The summed E-state index contributed by atoms with van der Waals surface area (Å²) in [5.74, 6) is 0.140. The molecule has 2 aromatic heterocycles. The lowest BCUT2D eigenvalue weighted by Gasteiger charge is -2.41. The van der Waals surface area contributed by atoms with Gasteiger partial charge in [-0.15, -0.1) is 0 Å². The summed E-state index contributed by atoms with van der Waals surface area (Å²) in [4.78, 5) is 18.7. The van der Waals surface area contributed by atoms with Gasteiger partial charge in [-0.2, -0.15) is 9.97 Å². The number of piperazine rings is 1. The second kappa shape index (κ2) is 12.4. The number of ether oxygens (including phenoxy) is 2. The van der Waals surface area contributed by atoms with Crippen molar-refractivity contribution in [2.24, 2.45) is 0 Å². The van der Waals surface area contributed by atoms with Crippen LogP contribution in [0.25, 0.3) is 28.2 Å². The molecule has 2 N–H and O–H groups in total. The van der Waals surface area contributed by atoms with Crippen LogP contribution in [0.4, 0.5) is 14.6 Å². The van der Waals surface area contributed by atoms with Gasteiger partial charge >= 0.3 is 6.01 Å². The van der Waals surface area contributed by atoms with Crippen LogP contribution in [0.5, 0.6) is 17.6 Å². The number of nitrogens with one attached hydrogen (secondary N) is 1. The summed E-state index contributed by atoms with van der Waals surface area (Å²) in [7, 11) is 0. The number of aromatic hydroxyl groups is 1. The number of fused-ring (bicyclic) bond motifs is 3. The zero-order valence-electron chi connectivity index (χ0n) is 26.6. The molecule has 0 radical (unpaired) electrons. The Bertz CT molecular complexity index is 1680.